The quantitative estimate of drug-likeness (QED) is 0.133. The minimum Gasteiger partial charge on any atom is -0.437 e. The lowest BCUT2D eigenvalue weighted by molar-refractivity contribution is -0.0767. The fraction of sp³-hybridized carbons (Fsp3) is 1.00. The van der Waals surface area contributed by atoms with Gasteiger partial charge in [0.25, 0.3) is 0 Å². The molecule has 0 aliphatic carbocycles. The molecule has 0 rings (SSSR count). The standard InChI is InChI=1S/C24H58O6Si4/c1-11-34(12-2,13-3)19-15-17-28-23-24(20-25,21-26)22-27-16-14-18-33(10,29-31(4,5)6)30-32(7,8)9/h25-26H,11-23H2,1-10H3. The van der Waals surface area contributed by atoms with Crippen LogP contribution < -0.4 is 0 Å². The minimum atomic E-state index is -2.26. The van der Waals surface area contributed by atoms with Gasteiger partial charge in [0.2, 0.25) is 0 Å². The number of aliphatic hydroxyl groups excluding tert-OH is 2. The van der Waals surface area contributed by atoms with Crippen molar-refractivity contribution in [2.45, 2.75) is 110 Å². The van der Waals surface area contributed by atoms with Crippen LogP contribution in [-0.4, -0.2) is 83.1 Å². The van der Waals surface area contributed by atoms with Crippen LogP contribution in [0.4, 0.5) is 0 Å². The summed E-state index contributed by atoms with van der Waals surface area (Å²) in [6.07, 6.45) is 1.91. The fourth-order valence-electron chi connectivity index (χ4n) is 4.59. The summed E-state index contributed by atoms with van der Waals surface area (Å²) in [5.74, 6) is 0. The van der Waals surface area contributed by atoms with Crippen molar-refractivity contribution >= 4 is 33.3 Å². The van der Waals surface area contributed by atoms with Crippen LogP contribution in [0, 0.1) is 5.41 Å². The van der Waals surface area contributed by atoms with Gasteiger partial charge < -0.3 is 27.9 Å². The zero-order chi connectivity index (χ0) is 26.5. The summed E-state index contributed by atoms with van der Waals surface area (Å²) in [5, 5.41) is 20.0. The first-order chi connectivity index (χ1) is 15.6. The van der Waals surface area contributed by atoms with Gasteiger partial charge in [-0.05, 0) is 64.7 Å². The van der Waals surface area contributed by atoms with Crippen LogP contribution in [0.1, 0.15) is 33.6 Å². The van der Waals surface area contributed by atoms with Crippen molar-refractivity contribution < 1.29 is 27.9 Å². The highest BCUT2D eigenvalue weighted by atomic mass is 28.5. The van der Waals surface area contributed by atoms with Crippen LogP contribution in [-0.2, 0) is 17.7 Å². The van der Waals surface area contributed by atoms with Gasteiger partial charge in [-0.3, -0.25) is 0 Å². The third-order valence-electron chi connectivity index (χ3n) is 6.70. The van der Waals surface area contributed by atoms with E-state index in [9.17, 15) is 10.2 Å². The first kappa shape index (κ1) is 34.6. The average Bonchev–Trinajstić information content (AvgIpc) is 2.72. The summed E-state index contributed by atoms with van der Waals surface area (Å²) in [6.45, 7) is 24.0. The second-order valence-corrected chi connectivity index (χ2v) is 30.7. The number of hydrogen-bond acceptors (Lipinski definition) is 6. The first-order valence-electron chi connectivity index (χ1n) is 13.4. The lowest BCUT2D eigenvalue weighted by Crippen LogP contribution is -2.52. The van der Waals surface area contributed by atoms with E-state index in [0.29, 0.717) is 26.4 Å². The van der Waals surface area contributed by atoms with E-state index in [1.165, 1.54) is 24.2 Å². The summed E-state index contributed by atoms with van der Waals surface area (Å²) >= 11 is 0. The van der Waals surface area contributed by atoms with Crippen molar-refractivity contribution in [3.8, 4) is 0 Å². The molecule has 0 atom stereocenters. The third kappa shape index (κ3) is 14.4. The number of aliphatic hydroxyl groups is 2. The van der Waals surface area contributed by atoms with E-state index in [0.717, 1.165) is 18.9 Å². The molecule has 0 fully saturated rings. The van der Waals surface area contributed by atoms with Gasteiger partial charge in [-0.15, -0.1) is 0 Å². The van der Waals surface area contributed by atoms with E-state index in [-0.39, 0.29) is 13.2 Å². The predicted octanol–water partition coefficient (Wildman–Crippen LogP) is 6.05. The lowest BCUT2D eigenvalue weighted by Gasteiger charge is -2.38. The normalized spacial score (nSPS) is 14.1. The third-order valence-corrected chi connectivity index (χ3v) is 22.2. The highest BCUT2D eigenvalue weighted by Crippen LogP contribution is 2.27. The molecule has 2 N–H and O–H groups in total. The molecule has 0 saturated carbocycles. The maximum absolute atomic E-state index is 9.98. The molecule has 0 aromatic heterocycles. The van der Waals surface area contributed by atoms with Crippen LogP contribution in [0.25, 0.3) is 0 Å². The van der Waals surface area contributed by atoms with Gasteiger partial charge in [0.15, 0.2) is 16.6 Å². The molecule has 0 radical (unpaired) electrons. The molecule has 0 unspecified atom stereocenters. The molecule has 0 aromatic rings. The Kier molecular flexibility index (Phi) is 16.1. The molecule has 0 bridgehead atoms. The summed E-state index contributed by atoms with van der Waals surface area (Å²) in [6, 6.07) is 6.18. The van der Waals surface area contributed by atoms with Gasteiger partial charge in [0.05, 0.1) is 39.9 Å². The summed E-state index contributed by atoms with van der Waals surface area (Å²) in [5.41, 5.74) is -0.751. The van der Waals surface area contributed by atoms with Crippen molar-refractivity contribution in [3.05, 3.63) is 0 Å². The molecule has 0 amide bonds. The summed E-state index contributed by atoms with van der Waals surface area (Å²) in [7, 11) is -6.80. The summed E-state index contributed by atoms with van der Waals surface area (Å²) in [4.78, 5) is 0. The predicted molar refractivity (Wildman–Crippen MR) is 155 cm³/mol. The van der Waals surface area contributed by atoms with Crippen LogP contribution in [0.15, 0.2) is 0 Å². The van der Waals surface area contributed by atoms with E-state index in [4.69, 9.17) is 17.7 Å². The molecule has 0 spiro atoms. The van der Waals surface area contributed by atoms with Gasteiger partial charge in [-0.1, -0.05) is 44.9 Å². The Morgan fingerprint density at radius 3 is 1.32 bits per heavy atom. The zero-order valence-electron chi connectivity index (χ0n) is 24.2. The van der Waals surface area contributed by atoms with E-state index < -0.39 is 38.7 Å². The Bertz CT molecular complexity index is 504. The Hall–Kier alpha value is 0.628. The van der Waals surface area contributed by atoms with Crippen molar-refractivity contribution in [3.63, 3.8) is 0 Å². The Morgan fingerprint density at radius 2 is 1.00 bits per heavy atom. The molecule has 0 saturated heterocycles. The molecular formula is C24H58O6Si4. The fourth-order valence-corrected chi connectivity index (χ4v) is 20.6. The molecule has 6 nitrogen and oxygen atoms in total. The van der Waals surface area contributed by atoms with Gasteiger partial charge in [0.1, 0.15) is 0 Å². The number of rotatable bonds is 21. The van der Waals surface area contributed by atoms with Crippen molar-refractivity contribution in [2.24, 2.45) is 5.41 Å². The van der Waals surface area contributed by atoms with Crippen LogP contribution in [0.3, 0.4) is 0 Å². The van der Waals surface area contributed by atoms with Gasteiger partial charge in [-0.2, -0.15) is 0 Å². The van der Waals surface area contributed by atoms with E-state index in [1.807, 2.05) is 0 Å². The first-order valence-corrected chi connectivity index (χ1v) is 25.6. The number of hydrogen-bond donors (Lipinski definition) is 2. The monoisotopic (exact) mass is 554 g/mol. The Morgan fingerprint density at radius 1 is 0.618 bits per heavy atom. The molecular weight excluding hydrogens is 497 g/mol. The topological polar surface area (TPSA) is 77.4 Å². The van der Waals surface area contributed by atoms with Gasteiger partial charge >= 0.3 is 8.56 Å². The van der Waals surface area contributed by atoms with Gasteiger partial charge in [-0.25, -0.2) is 0 Å². The van der Waals surface area contributed by atoms with Gasteiger partial charge in [0, 0.05) is 13.2 Å². The number of ether oxygens (including phenoxy) is 2. The lowest BCUT2D eigenvalue weighted by atomic mass is 9.92. The second-order valence-electron chi connectivity index (χ2n) is 12.3. The smallest absolute Gasteiger partial charge is 0.314 e. The van der Waals surface area contributed by atoms with Crippen molar-refractivity contribution in [2.75, 3.05) is 39.6 Å². The maximum atomic E-state index is 9.98. The van der Waals surface area contributed by atoms with Crippen molar-refractivity contribution in [1.29, 1.82) is 0 Å². The largest absolute Gasteiger partial charge is 0.437 e. The Balaban J connectivity index is 4.61. The molecule has 0 aromatic carbocycles. The average molecular weight is 555 g/mol. The molecule has 0 aliphatic rings. The van der Waals surface area contributed by atoms with E-state index in [1.54, 1.807) is 0 Å². The van der Waals surface area contributed by atoms with Crippen LogP contribution >= 0.6 is 0 Å². The van der Waals surface area contributed by atoms with Crippen LogP contribution in [0.2, 0.25) is 76.0 Å². The SMILES string of the molecule is CC[Si](CC)(CC)CCCOCC(CO)(CO)COCCC[Si](C)(O[Si](C)(C)C)O[Si](C)(C)C. The molecule has 206 valence electrons. The molecule has 10 heteroatoms. The zero-order valence-corrected chi connectivity index (χ0v) is 28.2. The molecule has 0 heterocycles. The summed E-state index contributed by atoms with van der Waals surface area (Å²) < 4.78 is 25.0. The second kappa shape index (κ2) is 15.8. The highest BCUT2D eigenvalue weighted by molar-refractivity contribution is 6.87. The highest BCUT2D eigenvalue weighted by Gasteiger charge is 2.40. The Labute approximate surface area is 215 Å². The molecule has 0 aliphatic heterocycles. The van der Waals surface area contributed by atoms with Crippen molar-refractivity contribution in [1.82, 2.24) is 0 Å². The maximum Gasteiger partial charge on any atom is 0.314 e. The molecule has 34 heavy (non-hydrogen) atoms. The minimum absolute atomic E-state index is 0.148. The van der Waals surface area contributed by atoms with E-state index in [2.05, 4.69) is 66.6 Å². The van der Waals surface area contributed by atoms with E-state index >= 15 is 0 Å². The van der Waals surface area contributed by atoms with Crippen LogP contribution in [0.5, 0.6) is 0 Å².